The van der Waals surface area contributed by atoms with Crippen LogP contribution in [0.1, 0.15) is 34.1 Å². The van der Waals surface area contributed by atoms with Crippen LogP contribution in [0, 0.1) is 0 Å². The first kappa shape index (κ1) is 17.1. The van der Waals surface area contributed by atoms with Crippen molar-refractivity contribution in [1.29, 1.82) is 0 Å². The summed E-state index contributed by atoms with van der Waals surface area (Å²) in [5, 5.41) is 11.6. The average Bonchev–Trinajstić information content (AvgIpc) is 2.32. The predicted octanol–water partition coefficient (Wildman–Crippen LogP) is 2.02. The van der Waals surface area contributed by atoms with E-state index in [9.17, 15) is 9.59 Å². The van der Waals surface area contributed by atoms with Gasteiger partial charge in [0.15, 0.2) is 0 Å². The third-order valence-corrected chi connectivity index (χ3v) is 4.16. The van der Waals surface area contributed by atoms with Gasteiger partial charge in [0.2, 0.25) is 0 Å². The maximum Gasteiger partial charge on any atom is 0.323 e. The number of nitrogens with zero attached hydrogens (tertiary/aromatic N) is 1. The van der Waals surface area contributed by atoms with Crippen LogP contribution in [0.3, 0.4) is 0 Å². The zero-order valence-corrected chi connectivity index (χ0v) is 12.6. The van der Waals surface area contributed by atoms with E-state index in [0.29, 0.717) is 6.54 Å². The first-order chi connectivity index (χ1) is 8.23. The van der Waals surface area contributed by atoms with Gasteiger partial charge in [0.1, 0.15) is 6.54 Å². The van der Waals surface area contributed by atoms with Gasteiger partial charge >= 0.3 is 12.0 Å². The molecule has 0 aromatic carbocycles. The summed E-state index contributed by atoms with van der Waals surface area (Å²) >= 11 is 1.66. The molecule has 1 unspecified atom stereocenters. The SMILES string of the molecule is CCC(C)N(CC(=O)O)C(=O)NCC(C)(C)SC. The lowest BCUT2D eigenvalue weighted by Crippen LogP contribution is -2.49. The summed E-state index contributed by atoms with van der Waals surface area (Å²) in [7, 11) is 0. The molecule has 0 aromatic heterocycles. The lowest BCUT2D eigenvalue weighted by Gasteiger charge is -2.29. The molecule has 5 nitrogen and oxygen atoms in total. The quantitative estimate of drug-likeness (QED) is 0.746. The second-order valence-electron chi connectivity index (χ2n) is 4.90. The average molecular weight is 276 g/mol. The van der Waals surface area contributed by atoms with Crippen molar-refractivity contribution in [2.24, 2.45) is 0 Å². The number of nitrogens with one attached hydrogen (secondary N) is 1. The molecule has 0 heterocycles. The van der Waals surface area contributed by atoms with E-state index in [1.54, 1.807) is 11.8 Å². The molecule has 2 amide bonds. The van der Waals surface area contributed by atoms with Gasteiger partial charge in [-0.05, 0) is 33.4 Å². The lowest BCUT2D eigenvalue weighted by molar-refractivity contribution is -0.138. The van der Waals surface area contributed by atoms with E-state index in [1.807, 2.05) is 34.0 Å². The fourth-order valence-electron chi connectivity index (χ4n) is 1.26. The molecule has 0 aromatic rings. The van der Waals surface area contributed by atoms with Crippen LogP contribution in [-0.4, -0.2) is 52.1 Å². The van der Waals surface area contributed by atoms with Crippen molar-refractivity contribution in [3.05, 3.63) is 0 Å². The molecule has 0 radical (unpaired) electrons. The van der Waals surface area contributed by atoms with Crippen molar-refractivity contribution in [2.45, 2.75) is 44.9 Å². The summed E-state index contributed by atoms with van der Waals surface area (Å²) in [4.78, 5) is 24.1. The normalized spacial score (nSPS) is 12.9. The first-order valence-electron chi connectivity index (χ1n) is 6.05. The van der Waals surface area contributed by atoms with E-state index < -0.39 is 5.97 Å². The Morgan fingerprint density at radius 3 is 2.39 bits per heavy atom. The number of aliphatic carboxylic acids is 1. The predicted molar refractivity (Wildman–Crippen MR) is 75.1 cm³/mol. The van der Waals surface area contributed by atoms with Gasteiger partial charge in [0.25, 0.3) is 0 Å². The van der Waals surface area contributed by atoms with Crippen molar-refractivity contribution >= 4 is 23.8 Å². The first-order valence-corrected chi connectivity index (χ1v) is 7.27. The van der Waals surface area contributed by atoms with Crippen LogP contribution in [0.25, 0.3) is 0 Å². The largest absolute Gasteiger partial charge is 0.480 e. The molecule has 18 heavy (non-hydrogen) atoms. The number of hydrogen-bond donors (Lipinski definition) is 2. The van der Waals surface area contributed by atoms with Crippen LogP contribution in [0.4, 0.5) is 4.79 Å². The molecule has 0 aliphatic carbocycles. The van der Waals surface area contributed by atoms with E-state index in [4.69, 9.17) is 5.11 Å². The smallest absolute Gasteiger partial charge is 0.323 e. The van der Waals surface area contributed by atoms with Crippen molar-refractivity contribution in [1.82, 2.24) is 10.2 Å². The zero-order chi connectivity index (χ0) is 14.3. The Morgan fingerprint density at radius 1 is 1.44 bits per heavy atom. The second-order valence-corrected chi connectivity index (χ2v) is 6.41. The van der Waals surface area contributed by atoms with Gasteiger partial charge in [0, 0.05) is 17.3 Å². The molecule has 0 bridgehead atoms. The van der Waals surface area contributed by atoms with E-state index >= 15 is 0 Å². The van der Waals surface area contributed by atoms with Gasteiger partial charge in [-0.2, -0.15) is 11.8 Å². The highest BCUT2D eigenvalue weighted by atomic mass is 32.2. The van der Waals surface area contributed by atoms with Crippen LogP contribution in [0.15, 0.2) is 0 Å². The van der Waals surface area contributed by atoms with Gasteiger partial charge in [-0.15, -0.1) is 0 Å². The minimum Gasteiger partial charge on any atom is -0.480 e. The van der Waals surface area contributed by atoms with Gasteiger partial charge in [0.05, 0.1) is 0 Å². The van der Waals surface area contributed by atoms with Crippen molar-refractivity contribution in [2.75, 3.05) is 19.3 Å². The number of thioether (sulfide) groups is 1. The number of amides is 2. The lowest BCUT2D eigenvalue weighted by atomic mass is 10.2. The molecule has 2 N–H and O–H groups in total. The van der Waals surface area contributed by atoms with Crippen LogP contribution in [0.5, 0.6) is 0 Å². The van der Waals surface area contributed by atoms with Crippen molar-refractivity contribution < 1.29 is 14.7 Å². The number of carbonyl (C=O) groups excluding carboxylic acids is 1. The molecule has 0 aliphatic rings. The standard InChI is InChI=1S/C12H24N2O3S/c1-6-9(2)14(7-10(15)16)11(17)13-8-12(3,4)18-5/h9H,6-8H2,1-5H3,(H,13,17)(H,15,16). The Bertz CT molecular complexity index is 295. The van der Waals surface area contributed by atoms with Crippen LogP contribution < -0.4 is 5.32 Å². The summed E-state index contributed by atoms with van der Waals surface area (Å²) in [5.74, 6) is -0.991. The van der Waals surface area contributed by atoms with Crippen LogP contribution >= 0.6 is 11.8 Å². The molecule has 106 valence electrons. The fourth-order valence-corrected chi connectivity index (χ4v) is 1.47. The third-order valence-electron chi connectivity index (χ3n) is 2.91. The van der Waals surface area contributed by atoms with E-state index in [2.05, 4.69) is 5.32 Å². The maximum atomic E-state index is 12.0. The summed E-state index contributed by atoms with van der Waals surface area (Å²) in [6.45, 7) is 8.09. The minimum absolute atomic E-state index is 0.0555. The highest BCUT2D eigenvalue weighted by molar-refractivity contribution is 7.99. The molecule has 0 fully saturated rings. The molecule has 0 spiro atoms. The zero-order valence-electron chi connectivity index (χ0n) is 11.8. The van der Waals surface area contributed by atoms with Gasteiger partial charge in [-0.3, -0.25) is 4.79 Å². The second kappa shape index (κ2) is 7.51. The summed E-state index contributed by atoms with van der Waals surface area (Å²) in [5.41, 5.74) is 0. The minimum atomic E-state index is -0.991. The van der Waals surface area contributed by atoms with Gasteiger partial charge in [-0.1, -0.05) is 6.92 Å². The van der Waals surface area contributed by atoms with E-state index in [0.717, 1.165) is 6.42 Å². The molecule has 0 saturated carbocycles. The summed E-state index contributed by atoms with van der Waals surface area (Å²) in [6.07, 6.45) is 2.71. The Labute approximate surface area is 113 Å². The Morgan fingerprint density at radius 2 is 2.00 bits per heavy atom. The molecular formula is C12H24N2O3S. The molecule has 0 aliphatic heterocycles. The number of carboxylic acids is 1. The Hall–Kier alpha value is -0.910. The monoisotopic (exact) mass is 276 g/mol. The van der Waals surface area contributed by atoms with E-state index in [-0.39, 0.29) is 23.4 Å². The van der Waals surface area contributed by atoms with Crippen molar-refractivity contribution in [3.63, 3.8) is 0 Å². The molecule has 0 rings (SSSR count). The number of carboxylic acid groups (broad SMARTS) is 1. The fraction of sp³-hybridized carbons (Fsp3) is 0.833. The third kappa shape index (κ3) is 6.14. The van der Waals surface area contributed by atoms with Crippen LogP contribution in [-0.2, 0) is 4.79 Å². The highest BCUT2D eigenvalue weighted by Crippen LogP contribution is 2.19. The van der Waals surface area contributed by atoms with Crippen molar-refractivity contribution in [3.8, 4) is 0 Å². The topological polar surface area (TPSA) is 69.6 Å². The van der Waals surface area contributed by atoms with Crippen LogP contribution in [0.2, 0.25) is 0 Å². The molecule has 6 heteroatoms. The van der Waals surface area contributed by atoms with Gasteiger partial charge in [-0.25, -0.2) is 4.79 Å². The summed E-state index contributed by atoms with van der Waals surface area (Å²) in [6, 6.07) is -0.396. The molecular weight excluding hydrogens is 252 g/mol. The highest BCUT2D eigenvalue weighted by Gasteiger charge is 2.24. The Kier molecular flexibility index (Phi) is 7.13. The Balaban J connectivity index is 4.52. The summed E-state index contributed by atoms with van der Waals surface area (Å²) < 4.78 is -0.0555. The number of hydrogen-bond acceptors (Lipinski definition) is 3. The molecule has 0 saturated heterocycles. The molecule has 1 atom stereocenters. The maximum absolute atomic E-state index is 12.0. The number of urea groups is 1. The number of carbonyl (C=O) groups is 2. The van der Waals surface area contributed by atoms with E-state index in [1.165, 1.54) is 4.90 Å². The number of rotatable bonds is 7. The van der Waals surface area contributed by atoms with Gasteiger partial charge < -0.3 is 15.3 Å².